The smallest absolute Gasteiger partial charge is 0.247 e. The highest BCUT2D eigenvalue weighted by Crippen LogP contribution is 2.66. The van der Waals surface area contributed by atoms with E-state index in [0.29, 0.717) is 26.2 Å². The Labute approximate surface area is 226 Å². The number of hydrogen-bond donors (Lipinski definition) is 1. The molecule has 0 aromatic rings. The van der Waals surface area contributed by atoms with Gasteiger partial charge in [-0.25, -0.2) is 0 Å². The van der Waals surface area contributed by atoms with Gasteiger partial charge in [-0.1, -0.05) is 71.3 Å². The number of fused-ring (bicyclic) bond motifs is 2. The third-order valence-corrected chi connectivity index (χ3v) is 10.8. The summed E-state index contributed by atoms with van der Waals surface area (Å²) in [6.07, 6.45) is 13.0. The van der Waals surface area contributed by atoms with Crippen LogP contribution in [0.2, 0.25) is 0 Å². The molecule has 4 aliphatic rings. The van der Waals surface area contributed by atoms with Crippen molar-refractivity contribution in [2.24, 2.45) is 17.8 Å². The van der Waals surface area contributed by atoms with E-state index in [1.54, 1.807) is 16.7 Å². The number of thioether (sulfide) groups is 1. The van der Waals surface area contributed by atoms with E-state index in [4.69, 9.17) is 0 Å². The van der Waals surface area contributed by atoms with Gasteiger partial charge in [0.2, 0.25) is 17.7 Å². The molecule has 0 aromatic heterocycles. The third kappa shape index (κ3) is 4.56. The molecule has 7 nitrogen and oxygen atoms in total. The Morgan fingerprint density at radius 1 is 0.946 bits per heavy atom. The van der Waals surface area contributed by atoms with Gasteiger partial charge in [0.25, 0.3) is 0 Å². The zero-order valence-corrected chi connectivity index (χ0v) is 24.0. The van der Waals surface area contributed by atoms with Crippen molar-refractivity contribution in [1.29, 1.82) is 0 Å². The van der Waals surface area contributed by atoms with Gasteiger partial charge in [0.1, 0.15) is 6.04 Å². The zero-order valence-electron chi connectivity index (χ0n) is 23.2. The van der Waals surface area contributed by atoms with Crippen LogP contribution in [0.5, 0.6) is 0 Å². The lowest BCUT2D eigenvalue weighted by atomic mass is 9.74. The van der Waals surface area contributed by atoms with Crippen molar-refractivity contribution in [2.45, 2.75) is 88.3 Å². The summed E-state index contributed by atoms with van der Waals surface area (Å²) in [6, 6.07) is -1.20. The number of unbranched alkanes of at least 4 members (excludes halogenated alkanes) is 2. The number of hydrogen-bond acceptors (Lipinski definition) is 5. The molecule has 1 spiro atoms. The first kappa shape index (κ1) is 28.2. The molecular weight excluding hydrogens is 486 g/mol. The second-order valence-corrected chi connectivity index (χ2v) is 13.2. The van der Waals surface area contributed by atoms with E-state index < -0.39 is 33.4 Å². The van der Waals surface area contributed by atoms with E-state index >= 15 is 0 Å². The van der Waals surface area contributed by atoms with Crippen molar-refractivity contribution >= 4 is 29.5 Å². The van der Waals surface area contributed by atoms with Gasteiger partial charge in [-0.05, 0) is 25.7 Å². The number of aliphatic hydroxyl groups excluding tert-OH is 1. The Kier molecular flexibility index (Phi) is 8.49. The molecule has 4 aliphatic heterocycles. The second kappa shape index (κ2) is 11.1. The van der Waals surface area contributed by atoms with Gasteiger partial charge in [-0.2, -0.15) is 0 Å². The van der Waals surface area contributed by atoms with Crippen LogP contribution in [0.25, 0.3) is 0 Å². The van der Waals surface area contributed by atoms with E-state index in [-0.39, 0.29) is 30.2 Å². The van der Waals surface area contributed by atoms with Crippen molar-refractivity contribution in [3.05, 3.63) is 24.3 Å². The minimum atomic E-state index is -0.844. The zero-order chi connectivity index (χ0) is 27.0. The van der Waals surface area contributed by atoms with Gasteiger partial charge >= 0.3 is 0 Å². The van der Waals surface area contributed by atoms with Gasteiger partial charge < -0.3 is 19.8 Å². The maximum Gasteiger partial charge on any atom is 0.247 e. The van der Waals surface area contributed by atoms with Gasteiger partial charge in [-0.15, -0.1) is 11.8 Å². The summed E-state index contributed by atoms with van der Waals surface area (Å²) in [7, 11) is 0. The number of rotatable bonds is 10. The Hall–Kier alpha value is -1.80. The first-order valence-corrected chi connectivity index (χ1v) is 15.1. The third-order valence-electron chi connectivity index (χ3n) is 9.03. The lowest BCUT2D eigenvalue weighted by molar-refractivity contribution is -0.148. The fraction of sp³-hybridized carbons (Fsp3) is 0.759. The second-order valence-electron chi connectivity index (χ2n) is 11.5. The van der Waals surface area contributed by atoms with E-state index in [1.807, 2.05) is 29.7 Å². The predicted octanol–water partition coefficient (Wildman–Crippen LogP) is 3.48. The first-order valence-electron chi connectivity index (χ1n) is 14.3. The summed E-state index contributed by atoms with van der Waals surface area (Å²) in [5.74, 6) is -1.37. The fourth-order valence-electron chi connectivity index (χ4n) is 6.95. The van der Waals surface area contributed by atoms with E-state index in [2.05, 4.69) is 39.0 Å². The number of amides is 3. The maximum atomic E-state index is 14.5. The molecule has 4 rings (SSSR count). The topological polar surface area (TPSA) is 81.2 Å². The van der Waals surface area contributed by atoms with Crippen LogP contribution in [0.15, 0.2) is 24.3 Å². The van der Waals surface area contributed by atoms with Crippen molar-refractivity contribution < 1.29 is 19.5 Å². The van der Waals surface area contributed by atoms with Gasteiger partial charge in [-0.3, -0.25) is 14.4 Å². The van der Waals surface area contributed by atoms with Gasteiger partial charge in [0.15, 0.2) is 0 Å². The summed E-state index contributed by atoms with van der Waals surface area (Å²) in [6.45, 7) is 12.5. The first-order chi connectivity index (χ1) is 17.7. The van der Waals surface area contributed by atoms with Crippen LogP contribution in [0.3, 0.4) is 0 Å². The molecule has 2 fully saturated rings. The minimum absolute atomic E-state index is 0.00617. The molecule has 2 saturated heterocycles. The quantitative estimate of drug-likeness (QED) is 0.345. The molecule has 0 aromatic carbocycles. The molecular formula is C29H45N3O4S. The van der Waals surface area contributed by atoms with Crippen LogP contribution in [0.1, 0.15) is 66.7 Å². The molecule has 0 bridgehead atoms. The number of nitrogens with zero attached hydrogens (tertiary/aromatic N) is 3. The molecule has 8 heteroatoms. The molecule has 7 atom stereocenters. The van der Waals surface area contributed by atoms with Crippen LogP contribution in [-0.2, 0) is 14.4 Å². The average molecular weight is 532 g/mol. The molecule has 1 N–H and O–H groups in total. The van der Waals surface area contributed by atoms with Crippen LogP contribution >= 0.6 is 11.8 Å². The minimum Gasteiger partial charge on any atom is -0.394 e. The van der Waals surface area contributed by atoms with Crippen molar-refractivity contribution in [1.82, 2.24) is 14.7 Å². The highest BCUT2D eigenvalue weighted by molar-refractivity contribution is 8.02. The van der Waals surface area contributed by atoms with E-state index in [9.17, 15) is 19.5 Å². The molecule has 4 heterocycles. The van der Waals surface area contributed by atoms with E-state index in [1.165, 1.54) is 0 Å². The normalized spacial score (nSPS) is 34.8. The SMILES string of the molecule is CCCCCN1CC=C[C@]23S[C@@]4(C)C=CCN(CCC)C(=O)[C@H]4[C@H]2C(=O)N([C@@H](CO)[C@@H](C)CC)C3C1=O. The Morgan fingerprint density at radius 2 is 1.62 bits per heavy atom. The van der Waals surface area contributed by atoms with Crippen LogP contribution in [0, 0.1) is 17.8 Å². The highest BCUT2D eigenvalue weighted by Gasteiger charge is 2.74. The van der Waals surface area contributed by atoms with Gasteiger partial charge in [0.05, 0.1) is 29.2 Å². The molecule has 37 heavy (non-hydrogen) atoms. The van der Waals surface area contributed by atoms with Crippen molar-refractivity contribution in [2.75, 3.05) is 32.8 Å². The van der Waals surface area contributed by atoms with Gasteiger partial charge in [0, 0.05) is 30.9 Å². The Bertz CT molecular complexity index is 953. The lowest BCUT2D eigenvalue weighted by Gasteiger charge is -2.41. The number of carbonyl (C=O) groups is 3. The number of carbonyl (C=O) groups excluding carboxylic acids is 3. The monoisotopic (exact) mass is 531 g/mol. The van der Waals surface area contributed by atoms with E-state index in [0.717, 1.165) is 32.1 Å². The lowest BCUT2D eigenvalue weighted by Crippen LogP contribution is -2.58. The number of aliphatic hydroxyl groups is 1. The molecule has 3 amide bonds. The molecule has 0 aliphatic carbocycles. The average Bonchev–Trinajstić information content (AvgIpc) is 3.15. The van der Waals surface area contributed by atoms with Crippen LogP contribution in [0.4, 0.5) is 0 Å². The van der Waals surface area contributed by atoms with Crippen LogP contribution in [-0.4, -0.2) is 91.9 Å². The summed E-state index contributed by atoms with van der Waals surface area (Å²) in [4.78, 5) is 48.4. The van der Waals surface area contributed by atoms with Crippen molar-refractivity contribution in [3.8, 4) is 0 Å². The highest BCUT2D eigenvalue weighted by atomic mass is 32.2. The summed E-state index contributed by atoms with van der Waals surface area (Å²) >= 11 is 1.63. The summed E-state index contributed by atoms with van der Waals surface area (Å²) in [5.41, 5.74) is 0. The Morgan fingerprint density at radius 3 is 2.24 bits per heavy atom. The summed E-state index contributed by atoms with van der Waals surface area (Å²) < 4.78 is -1.43. The number of likely N-dealkylation sites (tertiary alicyclic amines) is 1. The van der Waals surface area contributed by atoms with Crippen molar-refractivity contribution in [3.63, 3.8) is 0 Å². The van der Waals surface area contributed by atoms with Crippen LogP contribution < -0.4 is 0 Å². The Balaban J connectivity index is 1.85. The molecule has 206 valence electrons. The maximum absolute atomic E-state index is 14.5. The fourth-order valence-corrected chi connectivity index (χ4v) is 9.10. The molecule has 0 saturated carbocycles. The largest absolute Gasteiger partial charge is 0.394 e. The standard InChI is InChI=1S/C29H45N3O4S/c1-6-9-10-16-31-18-12-14-29-23(22-25(34)30(15-7-2)17-11-13-28(22,5)37-29)26(35)32(24(29)27(31)36)21(19-33)20(4)8-3/h11-14,20-24,33H,6-10,15-19H2,1-5H3/t20-,21-,22+,23-,24?,28-,29-/m0/s1. The summed E-state index contributed by atoms with van der Waals surface area (Å²) in [5, 5.41) is 10.5. The molecule has 1 unspecified atom stereocenters. The molecule has 0 radical (unpaired) electrons. The predicted molar refractivity (Wildman–Crippen MR) is 148 cm³/mol.